The monoisotopic (exact) mass is 441 g/mol. The normalized spacial score (nSPS) is 10.9. The van der Waals surface area contributed by atoms with Gasteiger partial charge < -0.3 is 9.73 Å². The number of Topliss-reactive ketones (excluding diaryl/α,β-unsaturated/α-hetero) is 1. The lowest BCUT2D eigenvalue weighted by Gasteiger charge is -2.03. The predicted molar refractivity (Wildman–Crippen MR) is 113 cm³/mol. The standard InChI is InChI=1S/C20H16ClN5O3S/c1-11(27)15-10-30-17(23-15)9-26-7-6-16(25-26)24-20(28)18-19(29-12(2)22-18)13-4-3-5-14(21)8-13/h3-8,10H,9H2,1-2H3,(H,24,25,28). The summed E-state index contributed by atoms with van der Waals surface area (Å²) in [4.78, 5) is 32.6. The van der Waals surface area contributed by atoms with Gasteiger partial charge in [-0.1, -0.05) is 23.7 Å². The third-order valence-electron chi connectivity index (χ3n) is 4.13. The van der Waals surface area contributed by atoms with Crippen LogP contribution in [-0.4, -0.2) is 31.4 Å². The number of aryl methyl sites for hydroxylation is 1. The lowest BCUT2D eigenvalue weighted by Crippen LogP contribution is -2.14. The quantitative estimate of drug-likeness (QED) is 0.443. The second-order valence-electron chi connectivity index (χ2n) is 6.46. The number of hydrogen-bond donors (Lipinski definition) is 1. The van der Waals surface area contributed by atoms with E-state index in [0.717, 1.165) is 5.01 Å². The lowest BCUT2D eigenvalue weighted by atomic mass is 10.1. The van der Waals surface area contributed by atoms with E-state index in [9.17, 15) is 9.59 Å². The van der Waals surface area contributed by atoms with E-state index in [1.54, 1.807) is 53.5 Å². The number of nitrogens with zero attached hydrogens (tertiary/aromatic N) is 4. The van der Waals surface area contributed by atoms with E-state index in [-0.39, 0.29) is 11.5 Å². The Morgan fingerprint density at radius 2 is 2.10 bits per heavy atom. The fourth-order valence-corrected chi connectivity index (χ4v) is 3.80. The maximum absolute atomic E-state index is 12.8. The van der Waals surface area contributed by atoms with Gasteiger partial charge in [0.25, 0.3) is 5.91 Å². The van der Waals surface area contributed by atoms with Gasteiger partial charge in [-0.15, -0.1) is 11.3 Å². The van der Waals surface area contributed by atoms with Gasteiger partial charge in [-0.2, -0.15) is 5.10 Å². The van der Waals surface area contributed by atoms with Crippen LogP contribution in [-0.2, 0) is 6.54 Å². The van der Waals surface area contributed by atoms with E-state index < -0.39 is 5.91 Å². The molecule has 3 aromatic heterocycles. The lowest BCUT2D eigenvalue weighted by molar-refractivity contribution is 0.100. The highest BCUT2D eigenvalue weighted by Gasteiger charge is 2.21. The number of amides is 1. The topological polar surface area (TPSA) is 103 Å². The van der Waals surface area contributed by atoms with Crippen molar-refractivity contribution in [2.24, 2.45) is 0 Å². The van der Waals surface area contributed by atoms with E-state index in [0.29, 0.717) is 40.3 Å². The largest absolute Gasteiger partial charge is 0.440 e. The third-order valence-corrected chi connectivity index (χ3v) is 5.20. The number of carbonyl (C=O) groups excluding carboxylic acids is 2. The Morgan fingerprint density at radius 3 is 2.83 bits per heavy atom. The van der Waals surface area contributed by atoms with E-state index in [2.05, 4.69) is 20.4 Å². The molecule has 0 atom stereocenters. The van der Waals surface area contributed by atoms with Crippen molar-refractivity contribution in [1.29, 1.82) is 0 Å². The van der Waals surface area contributed by atoms with Crippen molar-refractivity contribution >= 4 is 40.4 Å². The molecule has 152 valence electrons. The molecule has 0 aliphatic carbocycles. The average Bonchev–Trinajstić information content (AvgIpc) is 3.42. The number of anilines is 1. The summed E-state index contributed by atoms with van der Waals surface area (Å²) in [5.41, 5.74) is 1.24. The van der Waals surface area contributed by atoms with E-state index in [1.807, 2.05) is 0 Å². The molecule has 1 aromatic carbocycles. The molecule has 0 bridgehead atoms. The zero-order chi connectivity index (χ0) is 21.3. The number of halogens is 1. The van der Waals surface area contributed by atoms with Crippen LogP contribution >= 0.6 is 22.9 Å². The molecule has 0 aliphatic rings. The molecule has 0 fully saturated rings. The number of thiazole rings is 1. The maximum atomic E-state index is 12.8. The Morgan fingerprint density at radius 1 is 1.27 bits per heavy atom. The Balaban J connectivity index is 1.50. The van der Waals surface area contributed by atoms with Gasteiger partial charge in [0.1, 0.15) is 10.7 Å². The minimum absolute atomic E-state index is 0.0793. The maximum Gasteiger partial charge on any atom is 0.279 e. The highest BCUT2D eigenvalue weighted by atomic mass is 35.5. The summed E-state index contributed by atoms with van der Waals surface area (Å²) in [7, 11) is 0. The van der Waals surface area contributed by atoms with Gasteiger partial charge in [0.2, 0.25) is 0 Å². The van der Waals surface area contributed by atoms with Crippen molar-refractivity contribution in [3.8, 4) is 11.3 Å². The number of carbonyl (C=O) groups is 2. The van der Waals surface area contributed by atoms with Crippen LogP contribution in [0.4, 0.5) is 5.82 Å². The number of hydrogen-bond acceptors (Lipinski definition) is 7. The van der Waals surface area contributed by atoms with E-state index >= 15 is 0 Å². The number of ketones is 1. The molecule has 0 saturated carbocycles. The van der Waals surface area contributed by atoms with Gasteiger partial charge in [0, 0.05) is 42.1 Å². The van der Waals surface area contributed by atoms with Crippen molar-refractivity contribution < 1.29 is 14.0 Å². The number of benzene rings is 1. The first-order valence-corrected chi connectivity index (χ1v) is 10.2. The molecule has 3 heterocycles. The van der Waals surface area contributed by atoms with Gasteiger partial charge in [-0.3, -0.25) is 14.3 Å². The van der Waals surface area contributed by atoms with Crippen molar-refractivity contribution in [1.82, 2.24) is 19.7 Å². The molecule has 10 heteroatoms. The van der Waals surface area contributed by atoms with Gasteiger partial charge >= 0.3 is 0 Å². The molecule has 1 amide bonds. The Hall–Kier alpha value is -3.30. The molecular weight excluding hydrogens is 426 g/mol. The molecular formula is C20H16ClN5O3S. The molecule has 4 aromatic rings. The van der Waals surface area contributed by atoms with Crippen LogP contribution in [0.5, 0.6) is 0 Å². The summed E-state index contributed by atoms with van der Waals surface area (Å²) in [6.45, 7) is 3.54. The summed E-state index contributed by atoms with van der Waals surface area (Å²) in [5, 5.41) is 10.1. The highest BCUT2D eigenvalue weighted by molar-refractivity contribution is 7.09. The average molecular weight is 442 g/mol. The van der Waals surface area contributed by atoms with E-state index in [1.165, 1.54) is 18.3 Å². The first-order chi connectivity index (χ1) is 14.4. The van der Waals surface area contributed by atoms with Crippen molar-refractivity contribution in [2.75, 3.05) is 5.32 Å². The van der Waals surface area contributed by atoms with Gasteiger partial charge in [-0.05, 0) is 12.1 Å². The SMILES string of the molecule is CC(=O)c1csc(Cn2ccc(NC(=O)c3nc(C)oc3-c3cccc(Cl)c3)n2)n1. The second kappa shape index (κ2) is 8.21. The molecule has 4 rings (SSSR count). The van der Waals surface area contributed by atoms with Crippen LogP contribution in [0, 0.1) is 6.92 Å². The molecule has 30 heavy (non-hydrogen) atoms. The summed E-state index contributed by atoms with van der Waals surface area (Å²) in [6.07, 6.45) is 1.72. The van der Waals surface area contributed by atoms with Crippen LogP contribution < -0.4 is 5.32 Å². The second-order valence-corrected chi connectivity index (χ2v) is 7.84. The summed E-state index contributed by atoms with van der Waals surface area (Å²) in [6, 6.07) is 8.68. The third kappa shape index (κ3) is 4.32. The fraction of sp³-hybridized carbons (Fsp3) is 0.150. The van der Waals surface area contributed by atoms with Crippen LogP contribution in [0.2, 0.25) is 5.02 Å². The molecule has 0 saturated heterocycles. The zero-order valence-corrected chi connectivity index (χ0v) is 17.6. The summed E-state index contributed by atoms with van der Waals surface area (Å²) in [5.74, 6) is 0.544. The van der Waals surface area contributed by atoms with Gasteiger partial charge in [0.15, 0.2) is 28.9 Å². The van der Waals surface area contributed by atoms with Crippen LogP contribution in [0.15, 0.2) is 46.3 Å². The Bertz CT molecular complexity index is 1240. The number of oxazole rings is 1. The predicted octanol–water partition coefficient (Wildman–Crippen LogP) is 4.46. The van der Waals surface area contributed by atoms with Crippen molar-refractivity contribution in [3.63, 3.8) is 0 Å². The number of nitrogens with one attached hydrogen (secondary N) is 1. The fourth-order valence-electron chi connectivity index (χ4n) is 2.78. The summed E-state index contributed by atoms with van der Waals surface area (Å²) < 4.78 is 7.26. The first kappa shape index (κ1) is 20.0. The smallest absolute Gasteiger partial charge is 0.279 e. The van der Waals surface area contributed by atoms with Crippen LogP contribution in [0.3, 0.4) is 0 Å². The van der Waals surface area contributed by atoms with Gasteiger partial charge in [0.05, 0.1) is 6.54 Å². The van der Waals surface area contributed by atoms with Crippen LogP contribution in [0.1, 0.15) is 38.8 Å². The number of aromatic nitrogens is 4. The minimum Gasteiger partial charge on any atom is -0.440 e. The first-order valence-electron chi connectivity index (χ1n) is 8.92. The summed E-state index contributed by atoms with van der Waals surface area (Å²) >= 11 is 7.44. The Labute approximate surface area is 180 Å². The Kier molecular flexibility index (Phi) is 5.47. The van der Waals surface area contributed by atoms with Crippen molar-refractivity contribution in [2.45, 2.75) is 20.4 Å². The molecule has 0 radical (unpaired) electrons. The van der Waals surface area contributed by atoms with Crippen LogP contribution in [0.25, 0.3) is 11.3 Å². The van der Waals surface area contributed by atoms with Gasteiger partial charge in [-0.25, -0.2) is 9.97 Å². The van der Waals surface area contributed by atoms with Crippen molar-refractivity contribution in [3.05, 3.63) is 69.2 Å². The molecule has 0 spiro atoms. The molecule has 0 aliphatic heterocycles. The minimum atomic E-state index is -0.444. The van der Waals surface area contributed by atoms with E-state index in [4.69, 9.17) is 16.0 Å². The highest BCUT2D eigenvalue weighted by Crippen LogP contribution is 2.27. The zero-order valence-electron chi connectivity index (χ0n) is 16.0. The number of rotatable bonds is 6. The molecule has 1 N–H and O–H groups in total. The molecule has 0 unspecified atom stereocenters. The molecule has 8 nitrogen and oxygen atoms in total.